The van der Waals surface area contributed by atoms with E-state index in [9.17, 15) is 10.1 Å². The minimum Gasteiger partial charge on any atom is -0.379 e. The van der Waals surface area contributed by atoms with Gasteiger partial charge in [0.15, 0.2) is 0 Å². The van der Waals surface area contributed by atoms with Crippen molar-refractivity contribution in [2.75, 3.05) is 11.9 Å². The molecule has 0 saturated carbocycles. The lowest BCUT2D eigenvalue weighted by Crippen LogP contribution is -2.27. The summed E-state index contributed by atoms with van der Waals surface area (Å²) >= 11 is 0. The standard InChI is InChI=1S/C13H18N2O3/c1-8-6-9(2)13(15(16)17)7-12(8)14-11-4-5-18-10(11)3/h6-7,10-11,14H,4-5H2,1-3H3. The van der Waals surface area contributed by atoms with Gasteiger partial charge in [0.1, 0.15) is 0 Å². The summed E-state index contributed by atoms with van der Waals surface area (Å²) in [5, 5.41) is 14.3. The van der Waals surface area contributed by atoms with Crippen LogP contribution in [0.25, 0.3) is 0 Å². The number of rotatable bonds is 3. The van der Waals surface area contributed by atoms with Crippen molar-refractivity contribution in [3.63, 3.8) is 0 Å². The van der Waals surface area contributed by atoms with E-state index < -0.39 is 0 Å². The van der Waals surface area contributed by atoms with Gasteiger partial charge in [-0.05, 0) is 38.8 Å². The van der Waals surface area contributed by atoms with Gasteiger partial charge in [-0.3, -0.25) is 10.1 Å². The molecule has 1 aliphatic rings. The molecule has 0 amide bonds. The van der Waals surface area contributed by atoms with Crippen molar-refractivity contribution in [2.45, 2.75) is 39.3 Å². The zero-order valence-electron chi connectivity index (χ0n) is 10.9. The van der Waals surface area contributed by atoms with Crippen LogP contribution in [0.2, 0.25) is 0 Å². The number of nitrogens with zero attached hydrogens (tertiary/aromatic N) is 1. The summed E-state index contributed by atoms with van der Waals surface area (Å²) < 4.78 is 5.48. The molecule has 5 heteroatoms. The third-order valence-electron chi connectivity index (χ3n) is 3.46. The van der Waals surface area contributed by atoms with Crippen LogP contribution in [0, 0.1) is 24.0 Å². The predicted molar refractivity (Wildman–Crippen MR) is 70.0 cm³/mol. The first-order valence-corrected chi connectivity index (χ1v) is 6.13. The molecule has 0 aliphatic carbocycles. The monoisotopic (exact) mass is 250 g/mol. The Morgan fingerprint density at radius 1 is 1.39 bits per heavy atom. The van der Waals surface area contributed by atoms with Crippen LogP contribution < -0.4 is 5.32 Å². The number of anilines is 1. The van der Waals surface area contributed by atoms with E-state index in [0.29, 0.717) is 5.56 Å². The van der Waals surface area contributed by atoms with Gasteiger partial charge in [-0.2, -0.15) is 0 Å². The second-order valence-electron chi connectivity index (χ2n) is 4.83. The quantitative estimate of drug-likeness (QED) is 0.661. The topological polar surface area (TPSA) is 64.4 Å². The van der Waals surface area contributed by atoms with Crippen LogP contribution in [0.15, 0.2) is 12.1 Å². The van der Waals surface area contributed by atoms with Crippen molar-refractivity contribution < 1.29 is 9.66 Å². The first-order chi connectivity index (χ1) is 8.49. The third-order valence-corrected chi connectivity index (χ3v) is 3.46. The molecule has 98 valence electrons. The molecule has 0 radical (unpaired) electrons. The van der Waals surface area contributed by atoms with Crippen molar-refractivity contribution in [3.8, 4) is 0 Å². The number of nitro benzene ring substituents is 1. The molecule has 1 saturated heterocycles. The Morgan fingerprint density at radius 2 is 2.11 bits per heavy atom. The largest absolute Gasteiger partial charge is 0.379 e. The number of ether oxygens (including phenoxy) is 1. The summed E-state index contributed by atoms with van der Waals surface area (Å²) in [6, 6.07) is 3.70. The average molecular weight is 250 g/mol. The highest BCUT2D eigenvalue weighted by atomic mass is 16.6. The van der Waals surface area contributed by atoms with Crippen LogP contribution in [-0.4, -0.2) is 23.7 Å². The SMILES string of the molecule is Cc1cc(C)c([N+](=O)[O-])cc1NC1CCOC1C. The fourth-order valence-corrected chi connectivity index (χ4v) is 2.31. The molecule has 2 rings (SSSR count). The summed E-state index contributed by atoms with van der Waals surface area (Å²) in [5.41, 5.74) is 2.71. The van der Waals surface area contributed by atoms with E-state index in [-0.39, 0.29) is 22.8 Å². The van der Waals surface area contributed by atoms with Gasteiger partial charge in [0, 0.05) is 23.9 Å². The van der Waals surface area contributed by atoms with Crippen LogP contribution in [-0.2, 0) is 4.74 Å². The summed E-state index contributed by atoms with van der Waals surface area (Å²) in [7, 11) is 0. The Hall–Kier alpha value is -1.62. The normalized spacial score (nSPS) is 23.1. The second-order valence-corrected chi connectivity index (χ2v) is 4.83. The molecule has 1 heterocycles. The zero-order valence-corrected chi connectivity index (χ0v) is 10.9. The highest BCUT2D eigenvalue weighted by Gasteiger charge is 2.25. The van der Waals surface area contributed by atoms with E-state index >= 15 is 0 Å². The average Bonchev–Trinajstić information content (AvgIpc) is 2.67. The van der Waals surface area contributed by atoms with Gasteiger partial charge in [0.2, 0.25) is 0 Å². The lowest BCUT2D eigenvalue weighted by molar-refractivity contribution is -0.385. The first kappa shape index (κ1) is 12.8. The van der Waals surface area contributed by atoms with E-state index in [1.165, 1.54) is 0 Å². The van der Waals surface area contributed by atoms with E-state index in [2.05, 4.69) is 5.32 Å². The predicted octanol–water partition coefficient (Wildman–Crippen LogP) is 2.80. The van der Waals surface area contributed by atoms with Crippen LogP contribution in [0.5, 0.6) is 0 Å². The van der Waals surface area contributed by atoms with Crippen molar-refractivity contribution in [3.05, 3.63) is 33.4 Å². The molecule has 1 fully saturated rings. The molecule has 1 N–H and O–H groups in total. The van der Waals surface area contributed by atoms with Gasteiger partial charge in [-0.15, -0.1) is 0 Å². The number of nitro groups is 1. The second kappa shape index (κ2) is 4.94. The lowest BCUT2D eigenvalue weighted by Gasteiger charge is -2.19. The van der Waals surface area contributed by atoms with E-state index in [1.54, 1.807) is 13.0 Å². The highest BCUT2D eigenvalue weighted by molar-refractivity contribution is 5.60. The molecular weight excluding hydrogens is 232 g/mol. The maximum atomic E-state index is 10.9. The maximum Gasteiger partial charge on any atom is 0.274 e. The number of benzene rings is 1. The molecular formula is C13H18N2O3. The Morgan fingerprint density at radius 3 is 2.67 bits per heavy atom. The van der Waals surface area contributed by atoms with Gasteiger partial charge in [-0.1, -0.05) is 0 Å². The molecule has 0 spiro atoms. The first-order valence-electron chi connectivity index (χ1n) is 6.13. The highest BCUT2D eigenvalue weighted by Crippen LogP contribution is 2.28. The van der Waals surface area contributed by atoms with Crippen molar-refractivity contribution >= 4 is 11.4 Å². The Balaban J connectivity index is 2.27. The van der Waals surface area contributed by atoms with Crippen LogP contribution in [0.3, 0.4) is 0 Å². The molecule has 1 aliphatic heterocycles. The summed E-state index contributed by atoms with van der Waals surface area (Å²) in [4.78, 5) is 10.6. The van der Waals surface area contributed by atoms with Crippen molar-refractivity contribution in [1.29, 1.82) is 0 Å². The van der Waals surface area contributed by atoms with Gasteiger partial charge >= 0.3 is 0 Å². The molecule has 1 aromatic rings. The van der Waals surface area contributed by atoms with Crippen molar-refractivity contribution in [2.24, 2.45) is 0 Å². The lowest BCUT2D eigenvalue weighted by atomic mass is 10.1. The Labute approximate surface area is 106 Å². The molecule has 5 nitrogen and oxygen atoms in total. The third kappa shape index (κ3) is 2.46. The van der Waals surface area contributed by atoms with Gasteiger partial charge in [-0.25, -0.2) is 0 Å². The molecule has 18 heavy (non-hydrogen) atoms. The van der Waals surface area contributed by atoms with E-state index in [0.717, 1.165) is 24.3 Å². The Kier molecular flexibility index (Phi) is 3.52. The van der Waals surface area contributed by atoms with Crippen LogP contribution in [0.1, 0.15) is 24.5 Å². The maximum absolute atomic E-state index is 10.9. The number of hydrogen-bond donors (Lipinski definition) is 1. The zero-order chi connectivity index (χ0) is 13.3. The van der Waals surface area contributed by atoms with Gasteiger partial charge < -0.3 is 10.1 Å². The van der Waals surface area contributed by atoms with Crippen LogP contribution >= 0.6 is 0 Å². The summed E-state index contributed by atoms with van der Waals surface area (Å²) in [5.74, 6) is 0. The van der Waals surface area contributed by atoms with Crippen LogP contribution in [0.4, 0.5) is 11.4 Å². The smallest absolute Gasteiger partial charge is 0.274 e. The van der Waals surface area contributed by atoms with Gasteiger partial charge in [0.25, 0.3) is 5.69 Å². The molecule has 0 aromatic heterocycles. The fraction of sp³-hybridized carbons (Fsp3) is 0.538. The van der Waals surface area contributed by atoms with E-state index in [4.69, 9.17) is 4.74 Å². The number of hydrogen-bond acceptors (Lipinski definition) is 4. The number of aryl methyl sites for hydroxylation is 2. The fourth-order valence-electron chi connectivity index (χ4n) is 2.31. The summed E-state index contributed by atoms with van der Waals surface area (Å²) in [6.45, 7) is 6.48. The van der Waals surface area contributed by atoms with E-state index in [1.807, 2.05) is 19.9 Å². The van der Waals surface area contributed by atoms with Gasteiger partial charge in [0.05, 0.1) is 17.1 Å². The summed E-state index contributed by atoms with van der Waals surface area (Å²) in [6.07, 6.45) is 1.08. The Bertz CT molecular complexity index is 474. The number of nitrogens with one attached hydrogen (secondary N) is 1. The minimum atomic E-state index is -0.339. The minimum absolute atomic E-state index is 0.143. The molecule has 1 aromatic carbocycles. The molecule has 0 bridgehead atoms. The molecule has 2 unspecified atom stereocenters. The molecule has 2 atom stereocenters. The van der Waals surface area contributed by atoms with Crippen molar-refractivity contribution in [1.82, 2.24) is 0 Å².